The lowest BCUT2D eigenvalue weighted by Crippen LogP contribution is -2.28. The summed E-state index contributed by atoms with van der Waals surface area (Å²) >= 11 is 1.88. The standard InChI is InChI=1S/C11H17N3O2S/c1-2-8(6-12-3-1)11-13-10(14-16-11)9-7-17-5-4-15-9/h8-9,12H,1-7H2/t8-,9?/m1/s1. The molecule has 0 bridgehead atoms. The third-order valence-corrected chi connectivity index (χ3v) is 4.20. The van der Waals surface area contributed by atoms with E-state index in [4.69, 9.17) is 9.26 Å². The van der Waals surface area contributed by atoms with Gasteiger partial charge in [-0.05, 0) is 19.4 Å². The number of thioether (sulfide) groups is 1. The van der Waals surface area contributed by atoms with Gasteiger partial charge in [-0.1, -0.05) is 5.16 Å². The van der Waals surface area contributed by atoms with Crippen LogP contribution in [0.1, 0.15) is 36.6 Å². The Morgan fingerprint density at radius 3 is 3.18 bits per heavy atom. The van der Waals surface area contributed by atoms with Crippen molar-refractivity contribution in [3.05, 3.63) is 11.7 Å². The minimum atomic E-state index is 0.0165. The molecule has 5 nitrogen and oxygen atoms in total. The molecule has 0 aromatic carbocycles. The molecule has 17 heavy (non-hydrogen) atoms. The van der Waals surface area contributed by atoms with Gasteiger partial charge in [0.25, 0.3) is 0 Å². The summed E-state index contributed by atoms with van der Waals surface area (Å²) in [5.74, 6) is 3.86. The highest BCUT2D eigenvalue weighted by atomic mass is 32.2. The molecule has 2 aliphatic rings. The van der Waals surface area contributed by atoms with Gasteiger partial charge in [-0.2, -0.15) is 16.7 Å². The van der Waals surface area contributed by atoms with Gasteiger partial charge in [-0.3, -0.25) is 0 Å². The monoisotopic (exact) mass is 255 g/mol. The van der Waals surface area contributed by atoms with Crippen LogP contribution in [-0.4, -0.2) is 41.3 Å². The Bertz CT molecular complexity index is 327. The Morgan fingerprint density at radius 1 is 1.41 bits per heavy atom. The zero-order valence-corrected chi connectivity index (χ0v) is 10.5. The Hall–Kier alpha value is -0.590. The normalized spacial score (nSPS) is 30.4. The molecule has 3 heterocycles. The van der Waals surface area contributed by atoms with Crippen molar-refractivity contribution in [1.82, 2.24) is 15.5 Å². The van der Waals surface area contributed by atoms with Crippen LogP contribution in [0.2, 0.25) is 0 Å². The molecule has 2 aliphatic heterocycles. The molecule has 0 aliphatic carbocycles. The van der Waals surface area contributed by atoms with Crippen LogP contribution in [-0.2, 0) is 4.74 Å². The largest absolute Gasteiger partial charge is 0.368 e. The molecule has 2 fully saturated rings. The Labute approximate surface area is 105 Å². The van der Waals surface area contributed by atoms with Crippen molar-refractivity contribution in [2.45, 2.75) is 24.9 Å². The van der Waals surface area contributed by atoms with Crippen LogP contribution < -0.4 is 5.32 Å². The third kappa shape index (κ3) is 2.64. The summed E-state index contributed by atoms with van der Waals surface area (Å²) in [5.41, 5.74) is 0. The fraction of sp³-hybridized carbons (Fsp3) is 0.818. The van der Waals surface area contributed by atoms with Gasteiger partial charge in [0.15, 0.2) is 0 Å². The topological polar surface area (TPSA) is 60.2 Å². The Morgan fingerprint density at radius 2 is 2.41 bits per heavy atom. The first-order valence-corrected chi connectivity index (χ1v) is 7.32. The van der Waals surface area contributed by atoms with Crippen LogP contribution >= 0.6 is 11.8 Å². The first kappa shape index (κ1) is 11.5. The highest BCUT2D eigenvalue weighted by molar-refractivity contribution is 7.99. The van der Waals surface area contributed by atoms with Gasteiger partial charge in [-0.15, -0.1) is 0 Å². The fourth-order valence-corrected chi connectivity index (χ4v) is 3.08. The van der Waals surface area contributed by atoms with Crippen molar-refractivity contribution in [3.63, 3.8) is 0 Å². The summed E-state index contributed by atoms with van der Waals surface area (Å²) in [5, 5.41) is 7.42. The zero-order valence-electron chi connectivity index (χ0n) is 9.72. The molecule has 1 N–H and O–H groups in total. The minimum absolute atomic E-state index is 0.0165. The van der Waals surface area contributed by atoms with Crippen LogP contribution in [0.5, 0.6) is 0 Å². The van der Waals surface area contributed by atoms with E-state index in [1.54, 1.807) is 0 Å². The molecule has 0 radical (unpaired) electrons. The van der Waals surface area contributed by atoms with Crippen molar-refractivity contribution in [3.8, 4) is 0 Å². The molecule has 1 unspecified atom stereocenters. The van der Waals surface area contributed by atoms with Gasteiger partial charge in [0, 0.05) is 18.1 Å². The van der Waals surface area contributed by atoms with E-state index in [0.717, 1.165) is 49.3 Å². The van der Waals surface area contributed by atoms with E-state index in [0.29, 0.717) is 5.92 Å². The van der Waals surface area contributed by atoms with Crippen molar-refractivity contribution in [2.24, 2.45) is 0 Å². The summed E-state index contributed by atoms with van der Waals surface area (Å²) < 4.78 is 11.0. The predicted molar refractivity (Wildman–Crippen MR) is 65.2 cm³/mol. The van der Waals surface area contributed by atoms with E-state index in [-0.39, 0.29) is 6.10 Å². The van der Waals surface area contributed by atoms with Gasteiger partial charge >= 0.3 is 0 Å². The number of rotatable bonds is 2. The SMILES string of the molecule is C1CNC[C@H](c2nc(C3CSCCO3)no2)C1. The average Bonchev–Trinajstić information content (AvgIpc) is 2.90. The smallest absolute Gasteiger partial charge is 0.231 e. The van der Waals surface area contributed by atoms with E-state index < -0.39 is 0 Å². The molecule has 2 saturated heterocycles. The summed E-state index contributed by atoms with van der Waals surface area (Å²) in [7, 11) is 0. The number of hydrogen-bond donors (Lipinski definition) is 1. The van der Waals surface area contributed by atoms with E-state index in [9.17, 15) is 0 Å². The maximum Gasteiger partial charge on any atom is 0.231 e. The second-order valence-corrected chi connectivity index (χ2v) is 5.62. The highest BCUT2D eigenvalue weighted by Gasteiger charge is 2.26. The molecule has 94 valence electrons. The number of nitrogens with one attached hydrogen (secondary N) is 1. The second-order valence-electron chi connectivity index (χ2n) is 4.47. The van der Waals surface area contributed by atoms with Crippen LogP contribution in [0.25, 0.3) is 0 Å². The minimum Gasteiger partial charge on any atom is -0.368 e. The summed E-state index contributed by atoms with van der Waals surface area (Å²) in [6.07, 6.45) is 2.33. The summed E-state index contributed by atoms with van der Waals surface area (Å²) in [6, 6.07) is 0. The maximum atomic E-state index is 5.64. The first-order valence-electron chi connectivity index (χ1n) is 6.17. The van der Waals surface area contributed by atoms with Gasteiger partial charge in [0.1, 0.15) is 6.10 Å². The number of ether oxygens (including phenoxy) is 1. The first-order chi connectivity index (χ1) is 8.43. The lowest BCUT2D eigenvalue weighted by atomic mass is 10.00. The molecule has 1 aromatic heterocycles. The average molecular weight is 255 g/mol. The van der Waals surface area contributed by atoms with Crippen molar-refractivity contribution in [1.29, 1.82) is 0 Å². The number of hydrogen-bond acceptors (Lipinski definition) is 6. The number of aromatic nitrogens is 2. The molecule has 6 heteroatoms. The van der Waals surface area contributed by atoms with Gasteiger partial charge in [-0.25, -0.2) is 0 Å². The molecule has 0 amide bonds. The lowest BCUT2D eigenvalue weighted by Gasteiger charge is -2.19. The summed E-state index contributed by atoms with van der Waals surface area (Å²) in [6.45, 7) is 2.83. The van der Waals surface area contributed by atoms with Crippen molar-refractivity contribution < 1.29 is 9.26 Å². The van der Waals surface area contributed by atoms with Crippen molar-refractivity contribution in [2.75, 3.05) is 31.2 Å². The predicted octanol–water partition coefficient (Wildman–Crippen LogP) is 1.34. The zero-order chi connectivity index (χ0) is 11.5. The highest BCUT2D eigenvalue weighted by Crippen LogP contribution is 2.27. The van der Waals surface area contributed by atoms with E-state index >= 15 is 0 Å². The number of nitrogens with zero attached hydrogens (tertiary/aromatic N) is 2. The van der Waals surface area contributed by atoms with Gasteiger partial charge in [0.05, 0.1) is 12.5 Å². The lowest BCUT2D eigenvalue weighted by molar-refractivity contribution is 0.0677. The molecule has 3 rings (SSSR count). The molecule has 2 atom stereocenters. The second kappa shape index (κ2) is 5.37. The third-order valence-electron chi connectivity index (χ3n) is 3.21. The van der Waals surface area contributed by atoms with Crippen LogP contribution in [0.15, 0.2) is 4.52 Å². The Kier molecular flexibility index (Phi) is 3.63. The maximum absolute atomic E-state index is 5.64. The quantitative estimate of drug-likeness (QED) is 0.860. The molecule has 1 aromatic rings. The van der Waals surface area contributed by atoms with E-state index in [2.05, 4.69) is 15.5 Å². The van der Waals surface area contributed by atoms with Gasteiger partial charge < -0.3 is 14.6 Å². The molecule has 0 spiro atoms. The van der Waals surface area contributed by atoms with Crippen LogP contribution in [0.3, 0.4) is 0 Å². The molecule has 0 saturated carbocycles. The molecular formula is C11H17N3O2S. The summed E-state index contributed by atoms with van der Waals surface area (Å²) in [4.78, 5) is 4.50. The van der Waals surface area contributed by atoms with E-state index in [1.165, 1.54) is 6.42 Å². The fourth-order valence-electron chi connectivity index (χ4n) is 2.24. The van der Waals surface area contributed by atoms with E-state index in [1.807, 2.05) is 11.8 Å². The Balaban J connectivity index is 1.68. The van der Waals surface area contributed by atoms with Crippen LogP contribution in [0, 0.1) is 0 Å². The number of piperidine rings is 1. The molecular weight excluding hydrogens is 238 g/mol. The van der Waals surface area contributed by atoms with Crippen LogP contribution in [0.4, 0.5) is 0 Å². The van der Waals surface area contributed by atoms with Crippen molar-refractivity contribution >= 4 is 11.8 Å². The van der Waals surface area contributed by atoms with Gasteiger partial charge in [0.2, 0.25) is 11.7 Å².